The van der Waals surface area contributed by atoms with Gasteiger partial charge in [-0.15, -0.1) is 21.5 Å². The first kappa shape index (κ1) is 17.7. The molecule has 1 saturated heterocycles. The fraction of sp³-hybridized carbons (Fsp3) is 0.389. The number of H-pyrrole nitrogens is 1. The lowest BCUT2D eigenvalue weighted by atomic mass is 10.1. The number of amides is 1. The molecule has 9 heteroatoms. The minimum absolute atomic E-state index is 0.0478. The van der Waals surface area contributed by atoms with E-state index in [4.69, 9.17) is 0 Å². The summed E-state index contributed by atoms with van der Waals surface area (Å²) in [6.45, 7) is 2.48. The predicted molar refractivity (Wildman–Crippen MR) is 101 cm³/mol. The van der Waals surface area contributed by atoms with E-state index in [2.05, 4.69) is 54.0 Å². The molecule has 2 N–H and O–H groups in total. The first-order valence-electron chi connectivity index (χ1n) is 9.03. The van der Waals surface area contributed by atoms with E-state index < -0.39 is 0 Å². The van der Waals surface area contributed by atoms with Crippen LogP contribution in [0.3, 0.4) is 0 Å². The second-order valence-electron chi connectivity index (χ2n) is 6.52. The van der Waals surface area contributed by atoms with E-state index in [9.17, 15) is 4.79 Å². The van der Waals surface area contributed by atoms with Crippen molar-refractivity contribution in [3.8, 4) is 0 Å². The predicted octanol–water partition coefficient (Wildman–Crippen LogP) is 1.97. The van der Waals surface area contributed by atoms with E-state index in [0.717, 1.165) is 24.4 Å². The lowest BCUT2D eigenvalue weighted by Crippen LogP contribution is -2.25. The number of aromatic amines is 1. The zero-order chi connectivity index (χ0) is 18.5. The molecule has 0 aliphatic carbocycles. The van der Waals surface area contributed by atoms with Gasteiger partial charge in [-0.25, -0.2) is 0 Å². The third kappa shape index (κ3) is 4.37. The molecule has 0 bridgehead atoms. The number of nitrogens with zero attached hydrogens (tertiary/aromatic N) is 5. The Hall–Kier alpha value is -2.65. The average Bonchev–Trinajstić information content (AvgIpc) is 3.44. The Balaban J connectivity index is 1.35. The Morgan fingerprint density at radius 1 is 1.30 bits per heavy atom. The first-order valence-corrected chi connectivity index (χ1v) is 9.84. The monoisotopic (exact) mass is 383 g/mol. The van der Waals surface area contributed by atoms with Crippen LogP contribution in [0.4, 0.5) is 0 Å². The highest BCUT2D eigenvalue weighted by molar-refractivity contribution is 7.14. The average molecular weight is 383 g/mol. The molecular formula is C18H21N7OS. The van der Waals surface area contributed by atoms with E-state index in [1.54, 1.807) is 11.3 Å². The van der Waals surface area contributed by atoms with Crippen molar-refractivity contribution in [2.75, 3.05) is 13.1 Å². The normalized spacial score (nSPS) is 17.3. The van der Waals surface area contributed by atoms with Gasteiger partial charge in [0.05, 0.1) is 4.88 Å². The number of pyridine rings is 1. The summed E-state index contributed by atoms with van der Waals surface area (Å²) in [5.74, 6) is 0.549. The van der Waals surface area contributed by atoms with Crippen molar-refractivity contribution in [2.24, 2.45) is 0 Å². The highest BCUT2D eigenvalue weighted by Crippen LogP contribution is 2.36. The van der Waals surface area contributed by atoms with Crippen LogP contribution in [-0.4, -0.2) is 49.5 Å². The second-order valence-corrected chi connectivity index (χ2v) is 7.64. The van der Waals surface area contributed by atoms with Crippen LogP contribution in [0.25, 0.3) is 0 Å². The Bertz CT molecular complexity index is 865. The second kappa shape index (κ2) is 8.36. The summed E-state index contributed by atoms with van der Waals surface area (Å²) in [7, 11) is 0. The molecule has 0 radical (unpaired) electrons. The lowest BCUT2D eigenvalue weighted by Gasteiger charge is -2.23. The maximum Gasteiger partial charge on any atom is 0.261 e. The standard InChI is InChI=1S/C18H21N7OS/c26-18(20-10-7-17-21-23-24-22-17)16-4-3-15(27-16)14-2-1-11-25(14)12-13-5-8-19-9-6-13/h3-6,8-9,14H,1-2,7,10-12H2,(H,20,26)(H,21,22,23,24). The van der Waals surface area contributed by atoms with Crippen LogP contribution in [0.2, 0.25) is 0 Å². The molecule has 1 amide bonds. The highest BCUT2D eigenvalue weighted by Gasteiger charge is 2.27. The van der Waals surface area contributed by atoms with E-state index in [-0.39, 0.29) is 5.91 Å². The van der Waals surface area contributed by atoms with E-state index in [1.165, 1.54) is 16.9 Å². The number of hydrogen-bond donors (Lipinski definition) is 2. The van der Waals surface area contributed by atoms with Gasteiger partial charge in [0.1, 0.15) is 0 Å². The van der Waals surface area contributed by atoms with Crippen LogP contribution in [-0.2, 0) is 13.0 Å². The molecule has 4 heterocycles. The van der Waals surface area contributed by atoms with E-state index in [1.807, 2.05) is 18.5 Å². The number of hydrogen-bond acceptors (Lipinski definition) is 7. The van der Waals surface area contributed by atoms with Crippen molar-refractivity contribution in [3.05, 3.63) is 57.8 Å². The SMILES string of the molecule is O=C(NCCc1nn[nH]n1)c1ccc(C2CCCN2Cc2ccncc2)s1. The molecule has 1 fully saturated rings. The fourth-order valence-electron chi connectivity index (χ4n) is 3.38. The maximum absolute atomic E-state index is 12.4. The third-order valence-electron chi connectivity index (χ3n) is 4.70. The summed E-state index contributed by atoms with van der Waals surface area (Å²) in [6, 6.07) is 8.52. The largest absolute Gasteiger partial charge is 0.351 e. The van der Waals surface area contributed by atoms with Crippen molar-refractivity contribution in [3.63, 3.8) is 0 Å². The van der Waals surface area contributed by atoms with Crippen LogP contribution in [0.5, 0.6) is 0 Å². The molecule has 3 aromatic rings. The van der Waals surface area contributed by atoms with Gasteiger partial charge >= 0.3 is 0 Å². The van der Waals surface area contributed by atoms with Gasteiger partial charge in [-0.05, 0) is 49.2 Å². The molecule has 1 aliphatic heterocycles. The molecule has 1 aliphatic rings. The van der Waals surface area contributed by atoms with Gasteiger partial charge in [-0.2, -0.15) is 5.21 Å². The van der Waals surface area contributed by atoms with E-state index in [0.29, 0.717) is 24.8 Å². The number of tetrazole rings is 1. The molecule has 1 atom stereocenters. The molecule has 0 saturated carbocycles. The van der Waals surface area contributed by atoms with Crippen molar-refractivity contribution in [2.45, 2.75) is 31.8 Å². The number of carbonyl (C=O) groups excluding carboxylic acids is 1. The van der Waals surface area contributed by atoms with Gasteiger partial charge in [0.25, 0.3) is 5.91 Å². The lowest BCUT2D eigenvalue weighted by molar-refractivity contribution is 0.0958. The van der Waals surface area contributed by atoms with Gasteiger partial charge in [0.2, 0.25) is 0 Å². The summed E-state index contributed by atoms with van der Waals surface area (Å²) >= 11 is 1.58. The van der Waals surface area contributed by atoms with Gasteiger partial charge < -0.3 is 5.32 Å². The summed E-state index contributed by atoms with van der Waals surface area (Å²) in [5.41, 5.74) is 1.27. The Labute approximate surface area is 161 Å². The molecule has 0 aromatic carbocycles. The van der Waals surface area contributed by atoms with Crippen LogP contribution in [0.1, 0.15) is 44.8 Å². The zero-order valence-corrected chi connectivity index (χ0v) is 15.7. The fourth-order valence-corrected chi connectivity index (χ4v) is 4.47. The summed E-state index contributed by atoms with van der Waals surface area (Å²) in [4.78, 5) is 21.0. The van der Waals surface area contributed by atoms with Crippen LogP contribution in [0, 0.1) is 0 Å². The van der Waals surface area contributed by atoms with Crippen LogP contribution in [0.15, 0.2) is 36.7 Å². The summed E-state index contributed by atoms with van der Waals surface area (Å²) in [6.07, 6.45) is 6.54. The Morgan fingerprint density at radius 3 is 3.00 bits per heavy atom. The zero-order valence-electron chi connectivity index (χ0n) is 14.8. The minimum atomic E-state index is -0.0478. The molecule has 27 heavy (non-hydrogen) atoms. The van der Waals surface area contributed by atoms with Crippen molar-refractivity contribution in [1.29, 1.82) is 0 Å². The molecule has 140 valence electrons. The number of likely N-dealkylation sites (tertiary alicyclic amines) is 1. The molecule has 8 nitrogen and oxygen atoms in total. The van der Waals surface area contributed by atoms with Crippen LogP contribution >= 0.6 is 11.3 Å². The Morgan fingerprint density at radius 2 is 2.19 bits per heavy atom. The number of aromatic nitrogens is 5. The molecule has 1 unspecified atom stereocenters. The molecule has 0 spiro atoms. The Kier molecular flexibility index (Phi) is 5.50. The number of thiophene rings is 1. The summed E-state index contributed by atoms with van der Waals surface area (Å²) < 4.78 is 0. The van der Waals surface area contributed by atoms with Crippen molar-refractivity contribution in [1.82, 2.24) is 35.8 Å². The number of nitrogens with one attached hydrogen (secondary N) is 2. The van der Waals surface area contributed by atoms with Gasteiger partial charge in [0.15, 0.2) is 5.82 Å². The quantitative estimate of drug-likeness (QED) is 0.647. The maximum atomic E-state index is 12.4. The van der Waals surface area contributed by atoms with Gasteiger partial charge in [0, 0.05) is 42.8 Å². The molecular weight excluding hydrogens is 362 g/mol. The van der Waals surface area contributed by atoms with Crippen LogP contribution < -0.4 is 5.32 Å². The topological polar surface area (TPSA) is 99.7 Å². The van der Waals surface area contributed by atoms with Gasteiger partial charge in [-0.1, -0.05) is 5.21 Å². The van der Waals surface area contributed by atoms with Crippen molar-refractivity contribution >= 4 is 17.2 Å². The number of carbonyl (C=O) groups is 1. The first-order chi connectivity index (χ1) is 13.3. The summed E-state index contributed by atoms with van der Waals surface area (Å²) in [5, 5.41) is 16.6. The number of rotatable bonds is 7. The smallest absolute Gasteiger partial charge is 0.261 e. The van der Waals surface area contributed by atoms with Gasteiger partial charge in [-0.3, -0.25) is 14.7 Å². The van der Waals surface area contributed by atoms with E-state index >= 15 is 0 Å². The highest BCUT2D eigenvalue weighted by atomic mass is 32.1. The van der Waals surface area contributed by atoms with Crippen molar-refractivity contribution < 1.29 is 4.79 Å². The minimum Gasteiger partial charge on any atom is -0.351 e. The third-order valence-corrected chi connectivity index (χ3v) is 5.89. The molecule has 4 rings (SSSR count). The molecule has 3 aromatic heterocycles.